The van der Waals surface area contributed by atoms with E-state index in [0.717, 1.165) is 52.2 Å². The van der Waals surface area contributed by atoms with Gasteiger partial charge in [0.1, 0.15) is 0 Å². The Labute approximate surface area is 122 Å². The SMILES string of the molecule is Cc1ccc(C2(N3CCNCC3)CCOCC2)c(C)c1. The summed E-state index contributed by atoms with van der Waals surface area (Å²) >= 11 is 0. The maximum atomic E-state index is 5.66. The molecule has 0 radical (unpaired) electrons. The molecule has 0 saturated carbocycles. The Morgan fingerprint density at radius 1 is 1.10 bits per heavy atom. The first-order valence-electron chi connectivity index (χ1n) is 7.84. The van der Waals surface area contributed by atoms with Crippen LogP contribution in [0.2, 0.25) is 0 Å². The maximum Gasteiger partial charge on any atom is 0.0508 e. The fourth-order valence-electron chi connectivity index (χ4n) is 3.89. The third-order valence-electron chi connectivity index (χ3n) is 4.93. The average Bonchev–Trinajstić information content (AvgIpc) is 2.49. The highest BCUT2D eigenvalue weighted by Gasteiger charge is 2.41. The molecular formula is C17H26N2O. The molecule has 2 aliphatic heterocycles. The minimum Gasteiger partial charge on any atom is -0.381 e. The van der Waals surface area contributed by atoms with E-state index in [-0.39, 0.29) is 5.54 Å². The molecule has 0 spiro atoms. The molecule has 0 bridgehead atoms. The Kier molecular flexibility index (Phi) is 4.11. The van der Waals surface area contributed by atoms with Crippen LogP contribution in [0.1, 0.15) is 29.5 Å². The van der Waals surface area contributed by atoms with E-state index in [0.29, 0.717) is 0 Å². The van der Waals surface area contributed by atoms with Crippen LogP contribution in [0.15, 0.2) is 18.2 Å². The van der Waals surface area contributed by atoms with Crippen LogP contribution >= 0.6 is 0 Å². The molecule has 0 unspecified atom stereocenters. The number of hydrogen-bond acceptors (Lipinski definition) is 3. The summed E-state index contributed by atoms with van der Waals surface area (Å²) in [5.74, 6) is 0. The number of rotatable bonds is 2. The lowest BCUT2D eigenvalue weighted by molar-refractivity contribution is -0.0376. The Bertz CT molecular complexity index is 460. The topological polar surface area (TPSA) is 24.5 Å². The molecule has 1 aromatic carbocycles. The van der Waals surface area contributed by atoms with Crippen molar-refractivity contribution in [1.82, 2.24) is 10.2 Å². The fourth-order valence-corrected chi connectivity index (χ4v) is 3.89. The first kappa shape index (κ1) is 14.1. The van der Waals surface area contributed by atoms with Gasteiger partial charge in [0, 0.05) is 39.4 Å². The second kappa shape index (κ2) is 5.84. The minimum absolute atomic E-state index is 0.193. The molecule has 1 aromatic rings. The van der Waals surface area contributed by atoms with Crippen LogP contribution < -0.4 is 5.32 Å². The molecule has 3 heteroatoms. The minimum atomic E-state index is 0.193. The zero-order valence-corrected chi connectivity index (χ0v) is 12.7. The number of ether oxygens (including phenoxy) is 1. The van der Waals surface area contributed by atoms with E-state index < -0.39 is 0 Å². The van der Waals surface area contributed by atoms with Gasteiger partial charge in [-0.3, -0.25) is 4.90 Å². The average molecular weight is 274 g/mol. The number of hydrogen-bond donors (Lipinski definition) is 1. The Morgan fingerprint density at radius 3 is 2.45 bits per heavy atom. The lowest BCUT2D eigenvalue weighted by Crippen LogP contribution is -2.56. The van der Waals surface area contributed by atoms with Crippen LogP contribution in [0.25, 0.3) is 0 Å². The van der Waals surface area contributed by atoms with Gasteiger partial charge < -0.3 is 10.1 Å². The highest BCUT2D eigenvalue weighted by molar-refractivity contribution is 5.36. The molecule has 1 N–H and O–H groups in total. The molecule has 20 heavy (non-hydrogen) atoms. The molecular weight excluding hydrogens is 248 g/mol. The van der Waals surface area contributed by atoms with Gasteiger partial charge in [0.05, 0.1) is 5.54 Å². The molecule has 2 aliphatic rings. The van der Waals surface area contributed by atoms with Crippen LogP contribution in [0, 0.1) is 13.8 Å². The van der Waals surface area contributed by atoms with Gasteiger partial charge in [-0.25, -0.2) is 0 Å². The molecule has 3 rings (SSSR count). The lowest BCUT2D eigenvalue weighted by atomic mass is 9.78. The number of aryl methyl sites for hydroxylation is 2. The van der Waals surface area contributed by atoms with Gasteiger partial charge in [-0.05, 0) is 37.8 Å². The van der Waals surface area contributed by atoms with Crippen molar-refractivity contribution in [3.63, 3.8) is 0 Å². The van der Waals surface area contributed by atoms with E-state index in [1.165, 1.54) is 16.7 Å². The molecule has 2 fully saturated rings. The van der Waals surface area contributed by atoms with Crippen molar-refractivity contribution in [1.29, 1.82) is 0 Å². The van der Waals surface area contributed by atoms with Crippen molar-refractivity contribution < 1.29 is 4.74 Å². The fraction of sp³-hybridized carbons (Fsp3) is 0.647. The third kappa shape index (κ3) is 2.50. The highest BCUT2D eigenvalue weighted by atomic mass is 16.5. The Hall–Kier alpha value is -0.900. The van der Waals surface area contributed by atoms with Crippen LogP contribution in [0.3, 0.4) is 0 Å². The normalized spacial score (nSPS) is 23.7. The van der Waals surface area contributed by atoms with Crippen molar-refractivity contribution >= 4 is 0 Å². The summed E-state index contributed by atoms with van der Waals surface area (Å²) in [7, 11) is 0. The van der Waals surface area contributed by atoms with Gasteiger partial charge in [-0.15, -0.1) is 0 Å². The van der Waals surface area contributed by atoms with E-state index in [2.05, 4.69) is 42.3 Å². The van der Waals surface area contributed by atoms with Crippen molar-refractivity contribution in [3.05, 3.63) is 34.9 Å². The van der Waals surface area contributed by atoms with Gasteiger partial charge >= 0.3 is 0 Å². The summed E-state index contributed by atoms with van der Waals surface area (Å²) < 4.78 is 5.66. The van der Waals surface area contributed by atoms with Gasteiger partial charge in [0.25, 0.3) is 0 Å². The summed E-state index contributed by atoms with van der Waals surface area (Å²) in [6, 6.07) is 6.95. The number of nitrogens with zero attached hydrogens (tertiary/aromatic N) is 1. The summed E-state index contributed by atoms with van der Waals surface area (Å²) in [5.41, 5.74) is 4.51. The highest BCUT2D eigenvalue weighted by Crippen LogP contribution is 2.40. The molecule has 110 valence electrons. The largest absolute Gasteiger partial charge is 0.381 e. The number of nitrogens with one attached hydrogen (secondary N) is 1. The van der Waals surface area contributed by atoms with Crippen molar-refractivity contribution in [2.75, 3.05) is 39.4 Å². The molecule has 0 atom stereocenters. The van der Waals surface area contributed by atoms with Gasteiger partial charge in [-0.1, -0.05) is 23.8 Å². The van der Waals surface area contributed by atoms with E-state index in [1.54, 1.807) is 0 Å². The summed E-state index contributed by atoms with van der Waals surface area (Å²) in [6.07, 6.45) is 2.24. The zero-order valence-electron chi connectivity index (χ0n) is 12.7. The standard InChI is InChI=1S/C17H26N2O/c1-14-3-4-16(15(2)13-14)17(5-11-20-12-6-17)19-9-7-18-8-10-19/h3-4,13,18H,5-12H2,1-2H3. The summed E-state index contributed by atoms with van der Waals surface area (Å²) in [6.45, 7) is 10.7. The molecule has 0 aliphatic carbocycles. The van der Waals surface area contributed by atoms with Gasteiger partial charge in [-0.2, -0.15) is 0 Å². The van der Waals surface area contributed by atoms with Gasteiger partial charge in [0.15, 0.2) is 0 Å². The van der Waals surface area contributed by atoms with E-state index in [1.807, 2.05) is 0 Å². The second-order valence-electron chi connectivity index (χ2n) is 6.20. The van der Waals surface area contributed by atoms with Crippen molar-refractivity contribution in [2.24, 2.45) is 0 Å². The molecule has 3 nitrogen and oxygen atoms in total. The number of piperazine rings is 1. The quantitative estimate of drug-likeness (QED) is 0.895. The van der Waals surface area contributed by atoms with Crippen molar-refractivity contribution in [2.45, 2.75) is 32.2 Å². The summed E-state index contributed by atoms with van der Waals surface area (Å²) in [5, 5.41) is 3.47. The summed E-state index contributed by atoms with van der Waals surface area (Å²) in [4.78, 5) is 2.70. The molecule has 2 saturated heterocycles. The first-order chi connectivity index (χ1) is 9.72. The monoisotopic (exact) mass is 274 g/mol. The van der Waals surface area contributed by atoms with Crippen molar-refractivity contribution in [3.8, 4) is 0 Å². The van der Waals surface area contributed by atoms with Crippen LogP contribution in [-0.4, -0.2) is 44.3 Å². The van der Waals surface area contributed by atoms with Gasteiger partial charge in [0.2, 0.25) is 0 Å². The van der Waals surface area contributed by atoms with E-state index in [4.69, 9.17) is 4.74 Å². The molecule has 2 heterocycles. The molecule has 0 aromatic heterocycles. The van der Waals surface area contributed by atoms with E-state index >= 15 is 0 Å². The van der Waals surface area contributed by atoms with Crippen LogP contribution in [0.4, 0.5) is 0 Å². The van der Waals surface area contributed by atoms with Crippen LogP contribution in [0.5, 0.6) is 0 Å². The second-order valence-corrected chi connectivity index (χ2v) is 6.20. The Morgan fingerprint density at radius 2 is 1.80 bits per heavy atom. The number of benzene rings is 1. The van der Waals surface area contributed by atoms with Crippen LogP contribution in [-0.2, 0) is 10.3 Å². The predicted octanol–water partition coefficient (Wildman–Crippen LogP) is 2.21. The maximum absolute atomic E-state index is 5.66. The smallest absolute Gasteiger partial charge is 0.0508 e. The first-order valence-corrected chi connectivity index (χ1v) is 7.84. The molecule has 0 amide bonds. The zero-order chi connectivity index (χ0) is 14.0. The van der Waals surface area contributed by atoms with E-state index in [9.17, 15) is 0 Å². The Balaban J connectivity index is 1.99. The lowest BCUT2D eigenvalue weighted by Gasteiger charge is -2.49. The third-order valence-corrected chi connectivity index (χ3v) is 4.93. The predicted molar refractivity (Wildman–Crippen MR) is 82.1 cm³/mol.